The zero-order valence-corrected chi connectivity index (χ0v) is 17.9. The van der Waals surface area contributed by atoms with E-state index in [1.165, 1.54) is 38.5 Å². The number of fused-ring (bicyclic) bond motifs is 2. The number of halogens is 1. The van der Waals surface area contributed by atoms with E-state index in [4.69, 9.17) is 16.7 Å². The van der Waals surface area contributed by atoms with Crippen molar-refractivity contribution < 1.29 is 14.7 Å². The van der Waals surface area contributed by atoms with Crippen molar-refractivity contribution in [3.63, 3.8) is 0 Å². The normalized spacial score (nSPS) is 35.0. The number of hydrogen-bond donors (Lipinski definition) is 4. The predicted molar refractivity (Wildman–Crippen MR) is 116 cm³/mol. The maximum atomic E-state index is 13.0. The largest absolute Gasteiger partial charge is 0.480 e. The molecule has 30 heavy (non-hydrogen) atoms. The van der Waals surface area contributed by atoms with Crippen molar-refractivity contribution in [1.29, 1.82) is 0 Å². The Bertz CT molecular complexity index is 873. The summed E-state index contributed by atoms with van der Waals surface area (Å²) >= 11 is 6.33. The van der Waals surface area contributed by atoms with Crippen LogP contribution in [0.25, 0.3) is 0 Å². The number of carbonyl (C=O) groups is 2. The Kier molecular flexibility index (Phi) is 4.98. The molecule has 4 saturated carbocycles. The van der Waals surface area contributed by atoms with E-state index in [0.29, 0.717) is 34.5 Å². The van der Waals surface area contributed by atoms with Gasteiger partial charge in [-0.2, -0.15) is 0 Å². The van der Waals surface area contributed by atoms with Gasteiger partial charge in [-0.1, -0.05) is 11.6 Å². The molecule has 4 aliphatic rings. The Hall–Kier alpha value is -1.79. The van der Waals surface area contributed by atoms with Crippen molar-refractivity contribution in [1.82, 2.24) is 10.6 Å². The molecule has 6 nitrogen and oxygen atoms in total. The molecule has 4 aliphatic carbocycles. The van der Waals surface area contributed by atoms with E-state index in [9.17, 15) is 9.59 Å². The number of hydrogen-bond acceptors (Lipinski definition) is 4. The number of amides is 1. The molecule has 0 heterocycles. The van der Waals surface area contributed by atoms with Crippen LogP contribution in [0.4, 0.5) is 5.69 Å². The first kappa shape index (κ1) is 20.1. The third-order valence-electron chi connectivity index (χ3n) is 8.33. The minimum absolute atomic E-state index is 0.0680. The molecular formula is C23H30ClN3O3. The second-order valence-corrected chi connectivity index (χ2v) is 10.5. The Morgan fingerprint density at radius 2 is 2.00 bits per heavy atom. The first-order valence-corrected chi connectivity index (χ1v) is 11.5. The molecule has 1 amide bonds. The fourth-order valence-corrected chi connectivity index (χ4v) is 7.61. The number of carbonyl (C=O) groups excluding carboxylic acids is 1. The second kappa shape index (κ2) is 7.41. The quantitative estimate of drug-likeness (QED) is 0.450. The van der Waals surface area contributed by atoms with Crippen LogP contribution in [0.2, 0.25) is 5.02 Å². The van der Waals surface area contributed by atoms with Gasteiger partial charge in [0.05, 0.1) is 17.1 Å². The van der Waals surface area contributed by atoms with Crippen LogP contribution in [0.3, 0.4) is 0 Å². The van der Waals surface area contributed by atoms with E-state index >= 15 is 0 Å². The number of anilines is 1. The monoisotopic (exact) mass is 431 g/mol. The lowest BCUT2D eigenvalue weighted by Crippen LogP contribution is -2.43. The first-order valence-electron chi connectivity index (χ1n) is 11.1. The number of aliphatic carboxylic acids is 1. The van der Waals surface area contributed by atoms with Crippen molar-refractivity contribution in [3.05, 3.63) is 28.8 Å². The van der Waals surface area contributed by atoms with Crippen molar-refractivity contribution >= 4 is 29.2 Å². The topological polar surface area (TPSA) is 90.5 Å². The molecule has 5 rings (SSSR count). The molecule has 1 spiro atoms. The number of carboxylic acid groups (broad SMARTS) is 1. The van der Waals surface area contributed by atoms with Gasteiger partial charge in [0.25, 0.3) is 5.91 Å². The Balaban J connectivity index is 1.18. The summed E-state index contributed by atoms with van der Waals surface area (Å²) in [7, 11) is 0. The van der Waals surface area contributed by atoms with Gasteiger partial charge in [-0.3, -0.25) is 9.59 Å². The molecule has 7 heteroatoms. The fraction of sp³-hybridized carbons (Fsp3) is 0.652. The van der Waals surface area contributed by atoms with E-state index in [0.717, 1.165) is 30.0 Å². The van der Waals surface area contributed by atoms with Crippen molar-refractivity contribution in [2.45, 2.75) is 38.5 Å². The summed E-state index contributed by atoms with van der Waals surface area (Å²) in [4.78, 5) is 23.5. The average molecular weight is 432 g/mol. The predicted octanol–water partition coefficient (Wildman–Crippen LogP) is 3.37. The minimum atomic E-state index is -0.878. The molecule has 0 aliphatic heterocycles. The molecule has 1 aromatic rings. The SMILES string of the molecule is O=C(O)CNCCNc1ccc(Cl)c(C(=O)NCC23CC4CC5CC(C2)C5(C4)C3)c1. The Morgan fingerprint density at radius 1 is 1.13 bits per heavy atom. The summed E-state index contributed by atoms with van der Waals surface area (Å²) in [5, 5.41) is 18.4. The van der Waals surface area contributed by atoms with Gasteiger partial charge in [0.2, 0.25) is 0 Å². The highest BCUT2D eigenvalue weighted by Crippen LogP contribution is 2.78. The lowest BCUT2D eigenvalue weighted by atomic mass is 9.55. The Morgan fingerprint density at radius 3 is 2.83 bits per heavy atom. The van der Waals surface area contributed by atoms with E-state index in [1.807, 2.05) is 6.07 Å². The van der Waals surface area contributed by atoms with Crippen LogP contribution < -0.4 is 16.0 Å². The molecule has 0 aromatic heterocycles. The molecular weight excluding hydrogens is 402 g/mol. The van der Waals surface area contributed by atoms with E-state index in [1.54, 1.807) is 12.1 Å². The van der Waals surface area contributed by atoms with Crippen LogP contribution in [-0.4, -0.2) is 43.2 Å². The zero-order chi connectivity index (χ0) is 20.9. The second-order valence-electron chi connectivity index (χ2n) is 10.1. The highest BCUT2D eigenvalue weighted by atomic mass is 35.5. The number of rotatable bonds is 9. The van der Waals surface area contributed by atoms with Gasteiger partial charge < -0.3 is 21.1 Å². The highest BCUT2D eigenvalue weighted by Gasteiger charge is 2.70. The summed E-state index contributed by atoms with van der Waals surface area (Å²) in [6.45, 7) is 1.77. The summed E-state index contributed by atoms with van der Waals surface area (Å²) in [5.74, 6) is 1.76. The average Bonchev–Trinajstić information content (AvgIpc) is 3.02. The van der Waals surface area contributed by atoms with Gasteiger partial charge in [0, 0.05) is 25.3 Å². The van der Waals surface area contributed by atoms with Gasteiger partial charge in [0.15, 0.2) is 0 Å². The first-order chi connectivity index (χ1) is 14.4. The van der Waals surface area contributed by atoms with E-state index in [-0.39, 0.29) is 12.5 Å². The summed E-state index contributed by atoms with van der Waals surface area (Å²) < 4.78 is 0. The number of carboxylic acids is 1. The molecule has 5 atom stereocenters. The van der Waals surface area contributed by atoms with Crippen LogP contribution in [0.15, 0.2) is 18.2 Å². The summed E-state index contributed by atoms with van der Waals surface area (Å²) in [6, 6.07) is 5.36. The smallest absolute Gasteiger partial charge is 0.317 e. The van der Waals surface area contributed by atoms with Crippen LogP contribution in [0, 0.1) is 28.6 Å². The lowest BCUT2D eigenvalue weighted by Gasteiger charge is -2.49. The van der Waals surface area contributed by atoms with Gasteiger partial charge in [-0.25, -0.2) is 0 Å². The third kappa shape index (κ3) is 3.38. The fourth-order valence-electron chi connectivity index (χ4n) is 7.41. The van der Waals surface area contributed by atoms with Gasteiger partial charge >= 0.3 is 5.97 Å². The molecule has 1 aromatic carbocycles. The maximum Gasteiger partial charge on any atom is 0.317 e. The summed E-state index contributed by atoms with van der Waals surface area (Å²) in [6.07, 6.45) is 8.17. The van der Waals surface area contributed by atoms with Crippen LogP contribution >= 0.6 is 11.6 Å². The van der Waals surface area contributed by atoms with E-state index in [2.05, 4.69) is 16.0 Å². The number of nitrogens with one attached hydrogen (secondary N) is 3. The van der Waals surface area contributed by atoms with Crippen LogP contribution in [-0.2, 0) is 4.79 Å². The molecule has 5 unspecified atom stereocenters. The standard InChI is InChI=1S/C23H30ClN3O3/c24-19-2-1-17(26-4-3-25-11-20(28)29)7-18(19)21(30)27-13-22-8-14-5-15-6-16(10-22)23(15,9-14)12-22/h1-2,7,14-16,25-26H,3-6,8-13H2,(H,27,30)(H,28,29). The molecule has 4 N–H and O–H groups in total. The molecule has 0 saturated heterocycles. The number of benzene rings is 1. The minimum Gasteiger partial charge on any atom is -0.480 e. The Labute approximate surface area is 182 Å². The summed E-state index contributed by atoms with van der Waals surface area (Å²) in [5.41, 5.74) is 2.22. The van der Waals surface area contributed by atoms with Gasteiger partial charge in [-0.05, 0) is 85.3 Å². The molecule has 4 fully saturated rings. The molecule has 0 radical (unpaired) electrons. The van der Waals surface area contributed by atoms with E-state index < -0.39 is 5.97 Å². The van der Waals surface area contributed by atoms with Crippen molar-refractivity contribution in [2.24, 2.45) is 28.6 Å². The van der Waals surface area contributed by atoms with Crippen molar-refractivity contribution in [3.8, 4) is 0 Å². The zero-order valence-electron chi connectivity index (χ0n) is 17.2. The molecule has 3 bridgehead atoms. The third-order valence-corrected chi connectivity index (χ3v) is 8.66. The lowest BCUT2D eigenvalue weighted by molar-refractivity contribution is -0.135. The van der Waals surface area contributed by atoms with Gasteiger partial charge in [-0.15, -0.1) is 0 Å². The van der Waals surface area contributed by atoms with Crippen LogP contribution in [0.5, 0.6) is 0 Å². The highest BCUT2D eigenvalue weighted by molar-refractivity contribution is 6.34. The van der Waals surface area contributed by atoms with Gasteiger partial charge in [0.1, 0.15) is 0 Å². The van der Waals surface area contributed by atoms with Crippen molar-refractivity contribution in [2.75, 3.05) is 31.5 Å². The molecule has 162 valence electrons. The maximum absolute atomic E-state index is 13.0. The van der Waals surface area contributed by atoms with Crippen LogP contribution in [0.1, 0.15) is 48.9 Å².